The van der Waals surface area contributed by atoms with Gasteiger partial charge in [0.05, 0.1) is 5.52 Å². The molecule has 0 radical (unpaired) electrons. The van der Waals surface area contributed by atoms with Crippen LogP contribution in [0, 0.1) is 18.8 Å². The SMILES string of the molecule is Cc1cnc(N)nc1-n1ccc2cnc(C#CC3(O)CC3)cc21. The second-order valence-electron chi connectivity index (χ2n) is 5.83. The van der Waals surface area contributed by atoms with Crippen LogP contribution in [0.25, 0.3) is 16.7 Å². The normalized spacial score (nSPS) is 15.2. The van der Waals surface area contributed by atoms with Gasteiger partial charge in [-0.15, -0.1) is 0 Å². The van der Waals surface area contributed by atoms with Gasteiger partial charge in [-0.2, -0.15) is 4.98 Å². The minimum atomic E-state index is -0.809. The maximum atomic E-state index is 9.83. The highest BCUT2D eigenvalue weighted by Gasteiger charge is 2.38. The number of fused-ring (bicyclic) bond motifs is 1. The van der Waals surface area contributed by atoms with Crippen molar-refractivity contribution < 1.29 is 5.11 Å². The highest BCUT2D eigenvalue weighted by atomic mass is 16.3. The molecule has 1 aliphatic rings. The Balaban J connectivity index is 1.84. The van der Waals surface area contributed by atoms with E-state index in [1.165, 1.54) is 0 Å². The molecule has 0 atom stereocenters. The second-order valence-corrected chi connectivity index (χ2v) is 5.83. The van der Waals surface area contributed by atoms with Crippen LogP contribution in [0.2, 0.25) is 0 Å². The molecule has 1 saturated carbocycles. The number of rotatable bonds is 1. The van der Waals surface area contributed by atoms with Crippen molar-refractivity contribution >= 4 is 16.9 Å². The fraction of sp³-hybridized carbons (Fsp3) is 0.235. The van der Waals surface area contributed by atoms with Crippen LogP contribution in [0.3, 0.4) is 0 Å². The Bertz CT molecular complexity index is 976. The number of hydrogen-bond donors (Lipinski definition) is 2. The van der Waals surface area contributed by atoms with Crippen LogP contribution >= 0.6 is 0 Å². The maximum Gasteiger partial charge on any atom is 0.221 e. The number of aryl methyl sites for hydroxylation is 1. The summed E-state index contributed by atoms with van der Waals surface area (Å²) in [7, 11) is 0. The quantitative estimate of drug-likeness (QED) is 0.666. The Morgan fingerprint density at radius 1 is 1.30 bits per heavy atom. The van der Waals surface area contributed by atoms with Crippen molar-refractivity contribution in [2.45, 2.75) is 25.4 Å². The Labute approximate surface area is 133 Å². The van der Waals surface area contributed by atoms with E-state index in [2.05, 4.69) is 26.8 Å². The highest BCUT2D eigenvalue weighted by molar-refractivity contribution is 5.82. The molecule has 3 aromatic heterocycles. The van der Waals surface area contributed by atoms with Gasteiger partial charge in [0.1, 0.15) is 17.1 Å². The number of aromatic nitrogens is 4. The summed E-state index contributed by atoms with van der Waals surface area (Å²) < 4.78 is 1.95. The first kappa shape index (κ1) is 13.7. The molecule has 4 rings (SSSR count). The first-order chi connectivity index (χ1) is 11.0. The van der Waals surface area contributed by atoms with Gasteiger partial charge in [0.25, 0.3) is 0 Å². The van der Waals surface area contributed by atoms with Crippen molar-refractivity contribution in [3.63, 3.8) is 0 Å². The molecule has 3 aromatic rings. The number of nitrogens with zero attached hydrogens (tertiary/aromatic N) is 4. The minimum absolute atomic E-state index is 0.234. The molecule has 0 saturated heterocycles. The van der Waals surface area contributed by atoms with E-state index in [4.69, 9.17) is 5.73 Å². The lowest BCUT2D eigenvalue weighted by Crippen LogP contribution is -2.04. The van der Waals surface area contributed by atoms with E-state index in [1.54, 1.807) is 12.4 Å². The number of pyridine rings is 1. The van der Waals surface area contributed by atoms with Gasteiger partial charge in [-0.1, -0.05) is 5.92 Å². The average molecular weight is 305 g/mol. The maximum absolute atomic E-state index is 9.83. The monoisotopic (exact) mass is 305 g/mol. The fourth-order valence-corrected chi connectivity index (χ4v) is 2.39. The topological polar surface area (TPSA) is 89.9 Å². The minimum Gasteiger partial charge on any atom is -0.378 e. The van der Waals surface area contributed by atoms with E-state index in [9.17, 15) is 5.11 Å². The largest absolute Gasteiger partial charge is 0.378 e. The van der Waals surface area contributed by atoms with Crippen LogP contribution in [0.4, 0.5) is 5.95 Å². The Morgan fingerprint density at radius 2 is 2.13 bits per heavy atom. The van der Waals surface area contributed by atoms with Gasteiger partial charge < -0.3 is 15.4 Å². The van der Waals surface area contributed by atoms with Crippen molar-refractivity contribution in [3.05, 3.63) is 42.0 Å². The lowest BCUT2D eigenvalue weighted by molar-refractivity contribution is 0.212. The van der Waals surface area contributed by atoms with Crippen molar-refractivity contribution in [3.8, 4) is 17.7 Å². The molecule has 3 heterocycles. The zero-order valence-electron chi connectivity index (χ0n) is 12.6. The summed E-state index contributed by atoms with van der Waals surface area (Å²) in [6.45, 7) is 1.94. The van der Waals surface area contributed by atoms with E-state index in [1.807, 2.05) is 29.8 Å². The number of nitrogens with two attached hydrogens (primary N) is 1. The molecule has 0 spiro atoms. The third-order valence-electron chi connectivity index (χ3n) is 3.91. The van der Waals surface area contributed by atoms with Gasteiger partial charge in [0, 0.05) is 29.5 Å². The van der Waals surface area contributed by atoms with Gasteiger partial charge in [-0.25, -0.2) is 9.97 Å². The second kappa shape index (κ2) is 4.80. The molecule has 1 fully saturated rings. The number of anilines is 1. The Kier molecular flexibility index (Phi) is 2.86. The lowest BCUT2D eigenvalue weighted by Gasteiger charge is -2.08. The number of aliphatic hydroxyl groups is 1. The summed E-state index contributed by atoms with van der Waals surface area (Å²) in [6.07, 6.45) is 6.86. The lowest BCUT2D eigenvalue weighted by atomic mass is 10.2. The zero-order valence-corrected chi connectivity index (χ0v) is 12.6. The molecule has 0 bridgehead atoms. The van der Waals surface area contributed by atoms with Crippen LogP contribution in [-0.2, 0) is 0 Å². The summed E-state index contributed by atoms with van der Waals surface area (Å²) in [4.78, 5) is 12.7. The van der Waals surface area contributed by atoms with Crippen molar-refractivity contribution in [1.82, 2.24) is 19.5 Å². The third-order valence-corrected chi connectivity index (χ3v) is 3.91. The number of hydrogen-bond acceptors (Lipinski definition) is 5. The fourth-order valence-electron chi connectivity index (χ4n) is 2.39. The van der Waals surface area contributed by atoms with Crippen LogP contribution < -0.4 is 5.73 Å². The van der Waals surface area contributed by atoms with E-state index >= 15 is 0 Å². The molecule has 6 heteroatoms. The number of nitrogen functional groups attached to an aromatic ring is 1. The van der Waals surface area contributed by atoms with Crippen molar-refractivity contribution in [2.75, 3.05) is 5.73 Å². The molecular formula is C17H15N5O. The molecule has 0 unspecified atom stereocenters. The predicted molar refractivity (Wildman–Crippen MR) is 86.9 cm³/mol. The van der Waals surface area contributed by atoms with Crippen LogP contribution in [-0.4, -0.2) is 30.2 Å². The van der Waals surface area contributed by atoms with Crippen LogP contribution in [0.1, 0.15) is 24.1 Å². The first-order valence-corrected chi connectivity index (χ1v) is 7.36. The van der Waals surface area contributed by atoms with Crippen molar-refractivity contribution in [2.24, 2.45) is 0 Å². The van der Waals surface area contributed by atoms with E-state index < -0.39 is 5.60 Å². The van der Waals surface area contributed by atoms with E-state index in [0.29, 0.717) is 5.69 Å². The smallest absolute Gasteiger partial charge is 0.221 e. The average Bonchev–Trinajstić information content (AvgIpc) is 3.13. The Morgan fingerprint density at radius 3 is 2.91 bits per heavy atom. The Hall–Kier alpha value is -2.91. The van der Waals surface area contributed by atoms with Crippen LogP contribution in [0.5, 0.6) is 0 Å². The molecule has 1 aliphatic carbocycles. The van der Waals surface area contributed by atoms with E-state index in [0.717, 1.165) is 35.1 Å². The van der Waals surface area contributed by atoms with Gasteiger partial charge in [-0.3, -0.25) is 0 Å². The van der Waals surface area contributed by atoms with Crippen LogP contribution in [0.15, 0.2) is 30.7 Å². The molecule has 6 nitrogen and oxygen atoms in total. The molecule has 3 N–H and O–H groups in total. The third kappa shape index (κ3) is 2.51. The molecule has 0 amide bonds. The van der Waals surface area contributed by atoms with Crippen molar-refractivity contribution in [1.29, 1.82) is 0 Å². The standard InChI is InChI=1S/C17H15N5O/c1-11-9-20-16(18)21-15(11)22-7-3-12-10-19-13(8-14(12)22)2-4-17(23)5-6-17/h3,7-10,23H,5-6H2,1H3,(H2,18,20,21). The predicted octanol–water partition coefficient (Wildman–Crippen LogP) is 1.58. The molecule has 0 aliphatic heterocycles. The van der Waals surface area contributed by atoms with E-state index in [-0.39, 0.29) is 5.95 Å². The molecule has 114 valence electrons. The first-order valence-electron chi connectivity index (χ1n) is 7.36. The summed E-state index contributed by atoms with van der Waals surface area (Å²) >= 11 is 0. The van der Waals surface area contributed by atoms with Gasteiger partial charge in [0.15, 0.2) is 0 Å². The zero-order chi connectivity index (χ0) is 16.0. The summed E-state index contributed by atoms with van der Waals surface area (Å²) in [6, 6.07) is 3.86. The molecular weight excluding hydrogens is 290 g/mol. The highest BCUT2D eigenvalue weighted by Crippen LogP contribution is 2.34. The van der Waals surface area contributed by atoms with Gasteiger partial charge in [-0.05, 0) is 37.8 Å². The van der Waals surface area contributed by atoms with Gasteiger partial charge in [0.2, 0.25) is 5.95 Å². The molecule has 0 aromatic carbocycles. The summed E-state index contributed by atoms with van der Waals surface area (Å²) in [5.74, 6) is 6.79. The summed E-state index contributed by atoms with van der Waals surface area (Å²) in [5, 5.41) is 10.8. The molecule has 23 heavy (non-hydrogen) atoms. The van der Waals surface area contributed by atoms with Gasteiger partial charge >= 0.3 is 0 Å². The summed E-state index contributed by atoms with van der Waals surface area (Å²) in [5.41, 5.74) is 7.39.